The van der Waals surface area contributed by atoms with Crippen molar-refractivity contribution >= 4 is 5.91 Å². The molecule has 1 amide bonds. The Labute approximate surface area is 72.2 Å². The highest BCUT2D eigenvalue weighted by Crippen LogP contribution is 2.59. The highest BCUT2D eigenvalue weighted by atomic mass is 16.3. The van der Waals surface area contributed by atoms with Crippen molar-refractivity contribution in [1.82, 2.24) is 5.32 Å². The van der Waals surface area contributed by atoms with Crippen LogP contribution >= 0.6 is 0 Å². The lowest BCUT2D eigenvalue weighted by molar-refractivity contribution is -0.124. The molecule has 2 fully saturated rings. The van der Waals surface area contributed by atoms with Crippen molar-refractivity contribution < 1.29 is 9.90 Å². The van der Waals surface area contributed by atoms with Gasteiger partial charge in [0.05, 0.1) is 18.1 Å². The monoisotopic (exact) mass is 169 g/mol. The van der Waals surface area contributed by atoms with Gasteiger partial charge in [-0.2, -0.15) is 0 Å². The molecule has 1 saturated heterocycles. The Bertz CT molecular complexity index is 215. The summed E-state index contributed by atoms with van der Waals surface area (Å²) in [6, 6.07) is 0.0223. The zero-order valence-electron chi connectivity index (χ0n) is 7.34. The minimum atomic E-state index is -0.0673. The van der Waals surface area contributed by atoms with Gasteiger partial charge in [-0.1, -0.05) is 13.3 Å². The van der Waals surface area contributed by atoms with Gasteiger partial charge in [0.25, 0.3) is 0 Å². The quantitative estimate of drug-likeness (QED) is 0.624. The lowest BCUT2D eigenvalue weighted by Gasteiger charge is -2.03. The van der Waals surface area contributed by atoms with Gasteiger partial charge in [0.15, 0.2) is 0 Å². The number of amides is 1. The van der Waals surface area contributed by atoms with E-state index in [4.69, 9.17) is 5.11 Å². The molecule has 3 nitrogen and oxygen atoms in total. The molecule has 2 aliphatic rings. The standard InChI is InChI=1S/C9H15NO2/c1-2-6-3-9(6)4-7(5-11)10-8(9)12/h6-7,11H,2-5H2,1H3,(H,10,12)/t6-,7?,9?/m1/s1. The molecule has 0 radical (unpaired) electrons. The Morgan fingerprint density at radius 1 is 1.67 bits per heavy atom. The number of aliphatic hydroxyl groups is 1. The summed E-state index contributed by atoms with van der Waals surface area (Å²) in [6.45, 7) is 2.21. The summed E-state index contributed by atoms with van der Waals surface area (Å²) in [5.41, 5.74) is -0.0673. The Kier molecular flexibility index (Phi) is 1.65. The first-order valence-electron chi connectivity index (χ1n) is 4.64. The first-order valence-corrected chi connectivity index (χ1v) is 4.64. The molecule has 0 aromatic heterocycles. The lowest BCUT2D eigenvalue weighted by Crippen LogP contribution is -2.29. The predicted octanol–water partition coefficient (Wildman–Crippen LogP) is 0.283. The van der Waals surface area contributed by atoms with Crippen LogP contribution in [0.25, 0.3) is 0 Å². The molecule has 2 unspecified atom stereocenters. The van der Waals surface area contributed by atoms with E-state index in [1.54, 1.807) is 0 Å². The maximum Gasteiger partial charge on any atom is 0.226 e. The van der Waals surface area contributed by atoms with Crippen LogP contribution in [0.15, 0.2) is 0 Å². The van der Waals surface area contributed by atoms with E-state index in [1.165, 1.54) is 0 Å². The third kappa shape index (κ3) is 0.891. The molecular weight excluding hydrogens is 154 g/mol. The number of carbonyl (C=O) groups excluding carboxylic acids is 1. The Morgan fingerprint density at radius 3 is 2.83 bits per heavy atom. The minimum absolute atomic E-state index is 0.0223. The fourth-order valence-corrected chi connectivity index (χ4v) is 2.47. The van der Waals surface area contributed by atoms with Crippen molar-refractivity contribution in [3.8, 4) is 0 Å². The highest BCUT2D eigenvalue weighted by molar-refractivity contribution is 5.88. The number of aliphatic hydroxyl groups excluding tert-OH is 1. The molecule has 0 aromatic carbocycles. The van der Waals surface area contributed by atoms with E-state index in [0.717, 1.165) is 19.3 Å². The lowest BCUT2D eigenvalue weighted by atomic mass is 9.98. The molecule has 2 N–H and O–H groups in total. The molecule has 1 saturated carbocycles. The van der Waals surface area contributed by atoms with Crippen LogP contribution in [0.1, 0.15) is 26.2 Å². The van der Waals surface area contributed by atoms with Crippen molar-refractivity contribution in [3.05, 3.63) is 0 Å². The molecule has 2 rings (SSSR count). The summed E-state index contributed by atoms with van der Waals surface area (Å²) in [5, 5.41) is 11.7. The first-order chi connectivity index (χ1) is 5.73. The van der Waals surface area contributed by atoms with E-state index in [1.807, 2.05) is 0 Å². The largest absolute Gasteiger partial charge is 0.394 e. The van der Waals surface area contributed by atoms with E-state index in [-0.39, 0.29) is 24.0 Å². The average molecular weight is 169 g/mol. The van der Waals surface area contributed by atoms with E-state index < -0.39 is 0 Å². The number of hydrogen-bond acceptors (Lipinski definition) is 2. The van der Waals surface area contributed by atoms with Crippen LogP contribution in [0.4, 0.5) is 0 Å². The molecule has 68 valence electrons. The fourth-order valence-electron chi connectivity index (χ4n) is 2.47. The van der Waals surface area contributed by atoms with Crippen molar-refractivity contribution in [3.63, 3.8) is 0 Å². The van der Waals surface area contributed by atoms with Gasteiger partial charge in [-0.25, -0.2) is 0 Å². The number of rotatable bonds is 2. The number of nitrogens with one attached hydrogen (secondary N) is 1. The predicted molar refractivity (Wildman–Crippen MR) is 44.5 cm³/mol. The minimum Gasteiger partial charge on any atom is -0.394 e. The number of hydrogen-bond donors (Lipinski definition) is 2. The second-order valence-corrected chi connectivity index (χ2v) is 4.02. The van der Waals surface area contributed by atoms with Gasteiger partial charge in [-0.15, -0.1) is 0 Å². The van der Waals surface area contributed by atoms with Gasteiger partial charge in [0, 0.05) is 0 Å². The second-order valence-electron chi connectivity index (χ2n) is 4.02. The average Bonchev–Trinajstić information content (AvgIpc) is 2.68. The zero-order valence-corrected chi connectivity index (χ0v) is 7.34. The van der Waals surface area contributed by atoms with Crippen molar-refractivity contribution in [2.24, 2.45) is 11.3 Å². The Hall–Kier alpha value is -0.570. The summed E-state index contributed by atoms with van der Waals surface area (Å²) in [5.74, 6) is 0.752. The molecule has 3 heteroatoms. The van der Waals surface area contributed by atoms with Crippen LogP contribution in [-0.2, 0) is 4.79 Å². The molecular formula is C9H15NO2. The second kappa shape index (κ2) is 2.46. The van der Waals surface area contributed by atoms with E-state index in [2.05, 4.69) is 12.2 Å². The van der Waals surface area contributed by atoms with E-state index in [9.17, 15) is 4.79 Å². The summed E-state index contributed by atoms with van der Waals surface area (Å²) < 4.78 is 0. The van der Waals surface area contributed by atoms with Crippen LogP contribution in [-0.4, -0.2) is 23.7 Å². The summed E-state index contributed by atoms with van der Waals surface area (Å²) in [4.78, 5) is 11.5. The third-order valence-electron chi connectivity index (χ3n) is 3.34. The van der Waals surface area contributed by atoms with Gasteiger partial charge < -0.3 is 10.4 Å². The molecule has 0 bridgehead atoms. The highest BCUT2D eigenvalue weighted by Gasteiger charge is 2.62. The molecule has 3 atom stereocenters. The number of carbonyl (C=O) groups is 1. The van der Waals surface area contributed by atoms with Gasteiger partial charge >= 0.3 is 0 Å². The first kappa shape index (κ1) is 8.05. The maximum atomic E-state index is 11.5. The van der Waals surface area contributed by atoms with E-state index >= 15 is 0 Å². The van der Waals surface area contributed by atoms with Gasteiger partial charge in [-0.3, -0.25) is 4.79 Å². The van der Waals surface area contributed by atoms with Crippen molar-refractivity contribution in [2.75, 3.05) is 6.61 Å². The maximum absolute atomic E-state index is 11.5. The smallest absolute Gasteiger partial charge is 0.226 e. The molecule has 12 heavy (non-hydrogen) atoms. The van der Waals surface area contributed by atoms with Crippen LogP contribution in [0, 0.1) is 11.3 Å². The normalized spacial score (nSPS) is 45.0. The van der Waals surface area contributed by atoms with Crippen molar-refractivity contribution in [2.45, 2.75) is 32.2 Å². The fraction of sp³-hybridized carbons (Fsp3) is 0.889. The van der Waals surface area contributed by atoms with Crippen LogP contribution < -0.4 is 5.32 Å². The Balaban J connectivity index is 2.06. The molecule has 1 aliphatic heterocycles. The summed E-state index contributed by atoms with van der Waals surface area (Å²) in [6.07, 6.45) is 2.97. The van der Waals surface area contributed by atoms with Gasteiger partial charge in [-0.05, 0) is 18.8 Å². The van der Waals surface area contributed by atoms with Gasteiger partial charge in [0.2, 0.25) is 5.91 Å². The topological polar surface area (TPSA) is 49.3 Å². The SMILES string of the molecule is CC[C@@H]1CC12CC(CO)NC2=O. The van der Waals surface area contributed by atoms with Crippen LogP contribution in [0.5, 0.6) is 0 Å². The van der Waals surface area contributed by atoms with Crippen LogP contribution in [0.2, 0.25) is 0 Å². The van der Waals surface area contributed by atoms with E-state index in [0.29, 0.717) is 5.92 Å². The molecule has 1 heterocycles. The third-order valence-corrected chi connectivity index (χ3v) is 3.34. The zero-order chi connectivity index (χ0) is 8.77. The molecule has 1 aliphatic carbocycles. The molecule has 1 spiro atoms. The summed E-state index contributed by atoms with van der Waals surface area (Å²) >= 11 is 0. The summed E-state index contributed by atoms with van der Waals surface area (Å²) in [7, 11) is 0. The Morgan fingerprint density at radius 2 is 2.42 bits per heavy atom. The van der Waals surface area contributed by atoms with Crippen molar-refractivity contribution in [1.29, 1.82) is 0 Å². The van der Waals surface area contributed by atoms with Gasteiger partial charge in [0.1, 0.15) is 0 Å². The van der Waals surface area contributed by atoms with Crippen LogP contribution in [0.3, 0.4) is 0 Å². The molecule has 0 aromatic rings.